The summed E-state index contributed by atoms with van der Waals surface area (Å²) in [5.74, 6) is -0.0357. The van der Waals surface area contributed by atoms with Crippen LogP contribution < -0.4 is 5.63 Å². The average Bonchev–Trinajstić information content (AvgIpc) is 2.60. The number of aliphatic hydroxyl groups is 1. The quantitative estimate of drug-likeness (QED) is 0.472. The van der Waals surface area contributed by atoms with Crippen molar-refractivity contribution in [3.05, 3.63) is 75.2 Å². The molecule has 1 atom stereocenters. The summed E-state index contributed by atoms with van der Waals surface area (Å²) < 4.78 is 5.29. The third kappa shape index (κ3) is 6.24. The topological polar surface area (TPSA) is 70.7 Å². The molecule has 0 saturated carbocycles. The minimum Gasteiger partial charge on any atom is -0.507 e. The highest BCUT2D eigenvalue weighted by Gasteiger charge is 2.12. The van der Waals surface area contributed by atoms with Gasteiger partial charge in [-0.15, -0.1) is 0 Å². The number of hydrogen-bond donors (Lipinski definition) is 2. The highest BCUT2D eigenvalue weighted by atomic mass is 16.4. The van der Waals surface area contributed by atoms with Gasteiger partial charge in [-0.05, 0) is 59.1 Å². The van der Waals surface area contributed by atoms with Crippen LogP contribution in [-0.2, 0) is 6.42 Å². The molecule has 28 heavy (non-hydrogen) atoms. The maximum atomic E-state index is 12.2. The van der Waals surface area contributed by atoms with Gasteiger partial charge >= 0.3 is 5.63 Å². The predicted octanol–water partition coefficient (Wildman–Crippen LogP) is 5.43. The lowest BCUT2D eigenvalue weighted by atomic mass is 10.0. The second-order valence-corrected chi connectivity index (χ2v) is 7.57. The third-order valence-corrected chi connectivity index (χ3v) is 4.63. The van der Waals surface area contributed by atoms with Gasteiger partial charge < -0.3 is 14.6 Å². The lowest BCUT2D eigenvalue weighted by Crippen LogP contribution is -2.08. The summed E-state index contributed by atoms with van der Waals surface area (Å²) in [5.41, 5.74) is 3.49. The van der Waals surface area contributed by atoms with Gasteiger partial charge in [0.15, 0.2) is 0 Å². The van der Waals surface area contributed by atoms with E-state index in [-0.39, 0.29) is 17.7 Å². The molecule has 4 nitrogen and oxygen atoms in total. The van der Waals surface area contributed by atoms with Crippen molar-refractivity contribution in [3.8, 4) is 5.75 Å². The number of para-hydroxylation sites is 1. The summed E-state index contributed by atoms with van der Waals surface area (Å²) in [7, 11) is 0. The molecule has 0 spiro atoms. The number of benzene rings is 1. The van der Waals surface area contributed by atoms with Crippen molar-refractivity contribution >= 4 is 11.0 Å². The van der Waals surface area contributed by atoms with Gasteiger partial charge in [-0.3, -0.25) is 0 Å². The fourth-order valence-corrected chi connectivity index (χ4v) is 3.10. The SMILES string of the molecule is CC(C)=CCCC(C)=C[C@H](O)CC(C)=CCc1c(O)c2ccccc2oc1=O. The van der Waals surface area contributed by atoms with E-state index >= 15 is 0 Å². The van der Waals surface area contributed by atoms with Crippen LogP contribution in [0.3, 0.4) is 0 Å². The number of hydrogen-bond acceptors (Lipinski definition) is 4. The zero-order valence-electron chi connectivity index (χ0n) is 17.2. The summed E-state index contributed by atoms with van der Waals surface area (Å²) in [6.07, 6.45) is 8.02. The predicted molar refractivity (Wildman–Crippen MR) is 115 cm³/mol. The summed E-state index contributed by atoms with van der Waals surface area (Å²) in [6, 6.07) is 6.92. The summed E-state index contributed by atoms with van der Waals surface area (Å²) >= 11 is 0. The molecular formula is C24H30O4. The zero-order valence-corrected chi connectivity index (χ0v) is 17.2. The first kappa shape index (κ1) is 21.7. The van der Waals surface area contributed by atoms with Crippen LogP contribution in [0.15, 0.2) is 68.4 Å². The Bertz CT molecular complexity index is 956. The molecule has 1 aromatic heterocycles. The minimum atomic E-state index is -0.565. The second-order valence-electron chi connectivity index (χ2n) is 7.57. The Morgan fingerprint density at radius 1 is 1.11 bits per heavy atom. The molecule has 2 aromatic rings. The van der Waals surface area contributed by atoms with Crippen LogP contribution in [0, 0.1) is 0 Å². The molecule has 2 N–H and O–H groups in total. The molecular weight excluding hydrogens is 352 g/mol. The van der Waals surface area contributed by atoms with Gasteiger partial charge in [0, 0.05) is 6.42 Å². The standard InChI is InChI=1S/C24H30O4/c1-16(2)8-7-9-17(3)14-19(25)15-18(4)12-13-21-23(26)20-10-5-6-11-22(20)28-24(21)27/h5-6,8,10-12,14,19,25-26H,7,9,13,15H2,1-4H3/t19-/m0/s1. The highest BCUT2D eigenvalue weighted by Crippen LogP contribution is 2.26. The van der Waals surface area contributed by atoms with E-state index in [2.05, 4.69) is 19.9 Å². The van der Waals surface area contributed by atoms with Gasteiger partial charge in [-0.1, -0.05) is 47.1 Å². The Morgan fingerprint density at radius 2 is 1.82 bits per heavy atom. The molecule has 1 aromatic carbocycles. The monoisotopic (exact) mass is 382 g/mol. The Kier molecular flexibility index (Phi) is 7.82. The molecule has 0 saturated heterocycles. The van der Waals surface area contributed by atoms with E-state index in [4.69, 9.17) is 4.42 Å². The zero-order chi connectivity index (χ0) is 20.7. The van der Waals surface area contributed by atoms with Crippen LogP contribution in [-0.4, -0.2) is 16.3 Å². The van der Waals surface area contributed by atoms with Crippen LogP contribution in [0.5, 0.6) is 5.75 Å². The lowest BCUT2D eigenvalue weighted by Gasteiger charge is -2.09. The average molecular weight is 383 g/mol. The van der Waals surface area contributed by atoms with Crippen molar-refractivity contribution in [3.63, 3.8) is 0 Å². The van der Waals surface area contributed by atoms with Gasteiger partial charge in [-0.25, -0.2) is 4.79 Å². The molecule has 0 unspecified atom stereocenters. The number of rotatable bonds is 8. The molecule has 150 valence electrons. The maximum Gasteiger partial charge on any atom is 0.343 e. The Morgan fingerprint density at radius 3 is 2.54 bits per heavy atom. The highest BCUT2D eigenvalue weighted by molar-refractivity contribution is 5.83. The number of aromatic hydroxyl groups is 1. The molecule has 0 aliphatic carbocycles. The van der Waals surface area contributed by atoms with E-state index in [0.29, 0.717) is 17.4 Å². The largest absolute Gasteiger partial charge is 0.507 e. The minimum absolute atomic E-state index is 0.0357. The van der Waals surface area contributed by atoms with Crippen LogP contribution in [0.4, 0.5) is 0 Å². The summed E-state index contributed by atoms with van der Waals surface area (Å²) in [4.78, 5) is 12.2. The molecule has 0 aliphatic rings. The normalized spacial score (nSPS) is 13.6. The van der Waals surface area contributed by atoms with E-state index in [1.807, 2.05) is 26.0 Å². The van der Waals surface area contributed by atoms with Crippen molar-refractivity contribution in [1.82, 2.24) is 0 Å². The van der Waals surface area contributed by atoms with Crippen LogP contribution in [0.25, 0.3) is 11.0 Å². The number of fused-ring (bicyclic) bond motifs is 1. The van der Waals surface area contributed by atoms with E-state index < -0.39 is 11.7 Å². The van der Waals surface area contributed by atoms with Gasteiger partial charge in [0.05, 0.1) is 17.1 Å². The molecule has 0 amide bonds. The Labute approximate surface area is 166 Å². The molecule has 4 heteroatoms. The van der Waals surface area contributed by atoms with Gasteiger partial charge in [0.25, 0.3) is 0 Å². The van der Waals surface area contributed by atoms with Crippen LogP contribution in [0.2, 0.25) is 0 Å². The lowest BCUT2D eigenvalue weighted by molar-refractivity contribution is 0.222. The smallest absolute Gasteiger partial charge is 0.343 e. The van der Waals surface area contributed by atoms with Crippen molar-refractivity contribution in [2.45, 2.75) is 59.5 Å². The fraction of sp³-hybridized carbons (Fsp3) is 0.375. The van der Waals surface area contributed by atoms with E-state index in [9.17, 15) is 15.0 Å². The van der Waals surface area contributed by atoms with Crippen molar-refractivity contribution in [2.24, 2.45) is 0 Å². The summed E-state index contributed by atoms with van der Waals surface area (Å²) in [6.45, 7) is 8.10. The Hall–Kier alpha value is -2.59. The van der Waals surface area contributed by atoms with Crippen molar-refractivity contribution in [2.75, 3.05) is 0 Å². The first-order valence-electron chi connectivity index (χ1n) is 9.66. The van der Waals surface area contributed by atoms with Gasteiger partial charge in [0.2, 0.25) is 0 Å². The molecule has 0 radical (unpaired) electrons. The van der Waals surface area contributed by atoms with Crippen molar-refractivity contribution in [1.29, 1.82) is 0 Å². The van der Waals surface area contributed by atoms with E-state index in [1.54, 1.807) is 24.3 Å². The summed E-state index contributed by atoms with van der Waals surface area (Å²) in [5, 5.41) is 21.2. The second kappa shape index (κ2) is 10.1. The Balaban J connectivity index is 2.03. The first-order valence-corrected chi connectivity index (χ1v) is 9.66. The van der Waals surface area contributed by atoms with Crippen molar-refractivity contribution < 1.29 is 14.6 Å². The number of aliphatic hydroxyl groups excluding tert-OH is 1. The van der Waals surface area contributed by atoms with Gasteiger partial charge in [-0.2, -0.15) is 0 Å². The van der Waals surface area contributed by atoms with Gasteiger partial charge in [0.1, 0.15) is 11.3 Å². The molecule has 1 heterocycles. The maximum absolute atomic E-state index is 12.2. The van der Waals surface area contributed by atoms with E-state index in [1.165, 1.54) is 5.57 Å². The van der Waals surface area contributed by atoms with E-state index in [0.717, 1.165) is 24.0 Å². The molecule has 0 bridgehead atoms. The fourth-order valence-electron chi connectivity index (χ4n) is 3.10. The molecule has 0 aliphatic heterocycles. The molecule has 2 rings (SSSR count). The first-order chi connectivity index (χ1) is 13.3. The number of allylic oxidation sites excluding steroid dienone is 4. The van der Waals surface area contributed by atoms with Crippen LogP contribution >= 0.6 is 0 Å². The third-order valence-electron chi connectivity index (χ3n) is 4.63. The molecule has 0 fully saturated rings. The van der Waals surface area contributed by atoms with Crippen LogP contribution in [0.1, 0.15) is 52.5 Å².